The average molecular weight is 228 g/mol. The fourth-order valence-electron chi connectivity index (χ4n) is 1.31. The van der Waals surface area contributed by atoms with Crippen LogP contribution in [-0.4, -0.2) is 38.7 Å². The van der Waals surface area contributed by atoms with Crippen molar-refractivity contribution in [3.8, 4) is 0 Å². The Hall–Kier alpha value is -0.466. The van der Waals surface area contributed by atoms with Crippen molar-refractivity contribution in [2.75, 3.05) is 21.3 Å². The minimum Gasteiger partial charge on any atom is -0.380 e. The molecule has 0 saturated heterocycles. The number of hydrogen-bond acceptors (Lipinski definition) is 3. The number of hydrogen-bond donors (Lipinski definition) is 0. The highest BCUT2D eigenvalue weighted by atomic mass is 29.2. The molecular formula is C9H16O3Si2. The quantitative estimate of drug-likeness (QED) is 0.656. The topological polar surface area (TPSA) is 27.7 Å². The third kappa shape index (κ3) is 2.76. The van der Waals surface area contributed by atoms with Crippen LogP contribution in [0.3, 0.4) is 0 Å². The first-order valence-corrected chi connectivity index (χ1v) is 9.22. The zero-order chi connectivity index (χ0) is 10.4. The molecule has 0 aliphatic carbocycles. The lowest BCUT2D eigenvalue weighted by Crippen LogP contribution is -2.54. The largest absolute Gasteiger partial charge is 0.466 e. The lowest BCUT2D eigenvalue weighted by molar-refractivity contribution is 0.149. The molecule has 0 saturated carbocycles. The zero-order valence-electron chi connectivity index (χ0n) is 8.82. The second-order valence-electron chi connectivity index (χ2n) is 2.96. The van der Waals surface area contributed by atoms with Gasteiger partial charge in [-0.25, -0.2) is 0 Å². The van der Waals surface area contributed by atoms with Crippen molar-refractivity contribution >= 4 is 22.5 Å². The normalized spacial score (nSPS) is 12.5. The summed E-state index contributed by atoms with van der Waals surface area (Å²) in [5, 5.41) is 1.31. The Morgan fingerprint density at radius 2 is 1.43 bits per heavy atom. The van der Waals surface area contributed by atoms with Gasteiger partial charge in [0.25, 0.3) is 0 Å². The van der Waals surface area contributed by atoms with Crippen LogP contribution in [0.5, 0.6) is 0 Å². The SMILES string of the molecule is CO[Si](OC)(OC)[SiH2]c1ccccc1. The molecule has 5 heteroatoms. The van der Waals surface area contributed by atoms with Gasteiger partial charge in [0.05, 0.1) is 0 Å². The van der Waals surface area contributed by atoms with Gasteiger partial charge in [0.15, 0.2) is 9.04 Å². The maximum atomic E-state index is 5.40. The van der Waals surface area contributed by atoms with E-state index < -0.39 is 17.4 Å². The minimum absolute atomic E-state index is 0.632. The van der Waals surface area contributed by atoms with Gasteiger partial charge in [0.1, 0.15) is 0 Å². The van der Waals surface area contributed by atoms with E-state index in [2.05, 4.69) is 12.1 Å². The molecule has 0 spiro atoms. The van der Waals surface area contributed by atoms with Crippen LogP contribution in [0.25, 0.3) is 0 Å². The molecule has 3 nitrogen and oxygen atoms in total. The van der Waals surface area contributed by atoms with Crippen molar-refractivity contribution in [1.82, 2.24) is 0 Å². The van der Waals surface area contributed by atoms with E-state index in [1.807, 2.05) is 18.2 Å². The number of benzene rings is 1. The van der Waals surface area contributed by atoms with Crippen molar-refractivity contribution in [2.24, 2.45) is 0 Å². The van der Waals surface area contributed by atoms with Crippen LogP contribution < -0.4 is 5.19 Å². The summed E-state index contributed by atoms with van der Waals surface area (Å²) < 4.78 is 16.2. The van der Waals surface area contributed by atoms with Crippen LogP contribution in [0, 0.1) is 0 Å². The fourth-order valence-corrected chi connectivity index (χ4v) is 6.76. The van der Waals surface area contributed by atoms with Gasteiger partial charge in [-0.15, -0.1) is 0 Å². The molecule has 0 fully saturated rings. The van der Waals surface area contributed by atoms with Gasteiger partial charge in [-0.3, -0.25) is 0 Å². The summed E-state index contributed by atoms with van der Waals surface area (Å²) in [7, 11) is 2.03. The Morgan fingerprint density at radius 3 is 1.86 bits per heavy atom. The molecule has 1 aromatic carbocycles. The van der Waals surface area contributed by atoms with Gasteiger partial charge in [-0.05, 0) is 0 Å². The molecule has 0 atom stereocenters. The van der Waals surface area contributed by atoms with Crippen LogP contribution in [0.2, 0.25) is 0 Å². The van der Waals surface area contributed by atoms with Crippen LogP contribution >= 0.6 is 0 Å². The first-order valence-electron chi connectivity index (χ1n) is 4.45. The second-order valence-corrected chi connectivity index (χ2v) is 10.4. The van der Waals surface area contributed by atoms with Gasteiger partial charge in [0.2, 0.25) is 0 Å². The summed E-state index contributed by atoms with van der Waals surface area (Å²) in [4.78, 5) is 0. The lowest BCUT2D eigenvalue weighted by Gasteiger charge is -2.24. The monoisotopic (exact) mass is 228 g/mol. The molecule has 1 rings (SSSR count). The lowest BCUT2D eigenvalue weighted by atomic mass is 10.4. The minimum atomic E-state index is -2.32. The molecule has 0 aliphatic rings. The van der Waals surface area contributed by atoms with Crippen molar-refractivity contribution in [1.29, 1.82) is 0 Å². The Bertz CT molecular complexity index is 254. The van der Waals surface area contributed by atoms with E-state index in [0.717, 1.165) is 0 Å². The van der Waals surface area contributed by atoms with Gasteiger partial charge < -0.3 is 13.3 Å². The highest BCUT2D eigenvalue weighted by Gasteiger charge is 2.37. The molecular weight excluding hydrogens is 212 g/mol. The standard InChI is InChI=1S/C9H16O3Si2/c1-10-14(11-2,12-3)13-9-7-5-4-6-8-9/h4-8H,13H2,1-3H3. The second kappa shape index (κ2) is 5.42. The van der Waals surface area contributed by atoms with E-state index in [-0.39, 0.29) is 0 Å². The summed E-state index contributed by atoms with van der Waals surface area (Å²) in [5.74, 6) is 0. The van der Waals surface area contributed by atoms with E-state index in [1.54, 1.807) is 21.3 Å². The van der Waals surface area contributed by atoms with Gasteiger partial charge >= 0.3 is 8.32 Å². The third-order valence-corrected chi connectivity index (χ3v) is 10.5. The summed E-state index contributed by atoms with van der Waals surface area (Å²) in [6.45, 7) is 0. The van der Waals surface area contributed by atoms with E-state index in [9.17, 15) is 0 Å². The Labute approximate surface area is 88.0 Å². The Balaban J connectivity index is 2.74. The summed E-state index contributed by atoms with van der Waals surface area (Å²) in [6, 6.07) is 10.3. The third-order valence-electron chi connectivity index (χ3n) is 2.20. The van der Waals surface area contributed by atoms with Crippen molar-refractivity contribution in [3.05, 3.63) is 30.3 Å². The molecule has 78 valence electrons. The maximum absolute atomic E-state index is 5.40. The van der Waals surface area contributed by atoms with Crippen molar-refractivity contribution in [3.63, 3.8) is 0 Å². The van der Waals surface area contributed by atoms with Gasteiger partial charge in [0, 0.05) is 21.3 Å². The molecule has 0 radical (unpaired) electrons. The molecule has 0 amide bonds. The zero-order valence-corrected chi connectivity index (χ0v) is 11.2. The maximum Gasteiger partial charge on any atom is 0.466 e. The molecule has 0 unspecified atom stereocenters. The van der Waals surface area contributed by atoms with E-state index >= 15 is 0 Å². The fraction of sp³-hybridized carbons (Fsp3) is 0.333. The van der Waals surface area contributed by atoms with Crippen LogP contribution in [0.15, 0.2) is 30.3 Å². The summed E-state index contributed by atoms with van der Waals surface area (Å²) >= 11 is 0. The molecule has 0 aromatic heterocycles. The van der Waals surface area contributed by atoms with Gasteiger partial charge in [-0.2, -0.15) is 0 Å². The predicted octanol–water partition coefficient (Wildman–Crippen LogP) is -0.145. The molecule has 0 bridgehead atoms. The summed E-state index contributed by atoms with van der Waals surface area (Å²) in [5.41, 5.74) is 0. The Kier molecular flexibility index (Phi) is 4.50. The van der Waals surface area contributed by atoms with Crippen LogP contribution in [-0.2, 0) is 13.3 Å². The van der Waals surface area contributed by atoms with E-state index in [1.165, 1.54) is 5.19 Å². The summed E-state index contributed by atoms with van der Waals surface area (Å²) in [6.07, 6.45) is 0. The molecule has 0 N–H and O–H groups in total. The molecule has 0 aliphatic heterocycles. The highest BCUT2D eigenvalue weighted by molar-refractivity contribution is 7.19. The van der Waals surface area contributed by atoms with Crippen LogP contribution in [0.4, 0.5) is 0 Å². The number of rotatable bonds is 5. The first-order chi connectivity index (χ1) is 6.76. The molecule has 0 heterocycles. The first kappa shape index (κ1) is 11.6. The Morgan fingerprint density at radius 1 is 0.929 bits per heavy atom. The molecule has 14 heavy (non-hydrogen) atoms. The van der Waals surface area contributed by atoms with E-state index in [0.29, 0.717) is 0 Å². The predicted molar refractivity (Wildman–Crippen MR) is 61.4 cm³/mol. The van der Waals surface area contributed by atoms with Gasteiger partial charge in [-0.1, -0.05) is 35.5 Å². The molecule has 1 aromatic rings. The van der Waals surface area contributed by atoms with Crippen molar-refractivity contribution in [2.45, 2.75) is 0 Å². The highest BCUT2D eigenvalue weighted by Crippen LogP contribution is 2.03. The van der Waals surface area contributed by atoms with E-state index in [4.69, 9.17) is 13.3 Å². The smallest absolute Gasteiger partial charge is 0.380 e. The van der Waals surface area contributed by atoms with Crippen LogP contribution in [0.1, 0.15) is 0 Å². The average Bonchev–Trinajstić information content (AvgIpc) is 2.28. The van der Waals surface area contributed by atoms with Crippen molar-refractivity contribution < 1.29 is 13.3 Å².